The molecule has 0 atom stereocenters. The third-order valence-corrected chi connectivity index (χ3v) is 1.53. The molecule has 0 saturated carbocycles. The van der Waals surface area contributed by atoms with Crippen LogP contribution in [0.1, 0.15) is 13.3 Å². The van der Waals surface area contributed by atoms with E-state index >= 15 is 0 Å². The summed E-state index contributed by atoms with van der Waals surface area (Å²) in [6, 6.07) is 0. The van der Waals surface area contributed by atoms with Gasteiger partial charge < -0.3 is 0 Å². The van der Waals surface area contributed by atoms with Crippen LogP contribution in [0.5, 0.6) is 0 Å². The van der Waals surface area contributed by atoms with Gasteiger partial charge in [0, 0.05) is 18.3 Å². The van der Waals surface area contributed by atoms with Crippen molar-refractivity contribution in [2.45, 2.75) is 13.3 Å². The summed E-state index contributed by atoms with van der Waals surface area (Å²) in [5.74, 6) is 0. The third kappa shape index (κ3) is 1.44. The van der Waals surface area contributed by atoms with Gasteiger partial charge in [0.25, 0.3) is 0 Å². The highest BCUT2D eigenvalue weighted by atomic mass is 14.7. The number of dihydropyridines is 1. The van der Waals surface area contributed by atoms with Gasteiger partial charge in [-0.1, -0.05) is 18.7 Å². The number of allylic oxidation sites excluding steroid dienone is 4. The van der Waals surface area contributed by atoms with E-state index < -0.39 is 0 Å². The monoisotopic (exact) mass is 133 g/mol. The molecular weight excluding hydrogens is 122 g/mol. The van der Waals surface area contributed by atoms with E-state index in [2.05, 4.69) is 17.6 Å². The molecule has 0 amide bonds. The molecule has 52 valence electrons. The topological polar surface area (TPSA) is 12.4 Å². The normalized spacial score (nSPS) is 20.9. The predicted octanol–water partition coefficient (Wildman–Crippen LogP) is 2.48. The Balaban J connectivity index is 2.84. The van der Waals surface area contributed by atoms with Crippen LogP contribution in [-0.2, 0) is 0 Å². The minimum Gasteiger partial charge on any atom is -0.261 e. The van der Waals surface area contributed by atoms with Crippen LogP contribution >= 0.6 is 0 Å². The Kier molecular flexibility index (Phi) is 2.21. The first-order valence-corrected chi connectivity index (χ1v) is 3.36. The summed E-state index contributed by atoms with van der Waals surface area (Å²) in [7, 11) is 0. The molecule has 0 aromatic carbocycles. The highest BCUT2D eigenvalue weighted by Crippen LogP contribution is 2.13. The predicted molar refractivity (Wildman–Crippen MR) is 45.1 cm³/mol. The molecule has 0 N–H and O–H groups in total. The summed E-state index contributed by atoms with van der Waals surface area (Å²) in [5.41, 5.74) is 2.29. The molecule has 0 aromatic rings. The van der Waals surface area contributed by atoms with E-state index in [1.54, 1.807) is 0 Å². The van der Waals surface area contributed by atoms with Crippen LogP contribution in [0.3, 0.4) is 0 Å². The summed E-state index contributed by atoms with van der Waals surface area (Å²) in [5, 5.41) is 0. The van der Waals surface area contributed by atoms with Crippen molar-refractivity contribution < 1.29 is 0 Å². The smallest absolute Gasteiger partial charge is 0.0470 e. The zero-order chi connectivity index (χ0) is 7.40. The number of nitrogens with zero attached hydrogens (tertiary/aromatic N) is 1. The maximum absolute atomic E-state index is 4.20. The van der Waals surface area contributed by atoms with Gasteiger partial charge in [-0.25, -0.2) is 0 Å². The molecule has 1 heteroatoms. The number of rotatable bonds is 1. The maximum atomic E-state index is 4.20. The first kappa shape index (κ1) is 7.00. The molecule has 0 aromatic heterocycles. The van der Waals surface area contributed by atoms with Crippen molar-refractivity contribution in [3.8, 4) is 0 Å². The molecule has 1 heterocycles. The lowest BCUT2D eigenvalue weighted by molar-refractivity contribution is 1.12. The van der Waals surface area contributed by atoms with E-state index in [0.29, 0.717) is 0 Å². The van der Waals surface area contributed by atoms with Crippen molar-refractivity contribution in [1.29, 1.82) is 0 Å². The lowest BCUT2D eigenvalue weighted by Crippen LogP contribution is -1.86. The molecule has 0 fully saturated rings. The summed E-state index contributed by atoms with van der Waals surface area (Å²) in [6.45, 7) is 5.71. The van der Waals surface area contributed by atoms with Crippen LogP contribution in [0.25, 0.3) is 0 Å². The van der Waals surface area contributed by atoms with E-state index in [4.69, 9.17) is 0 Å². The van der Waals surface area contributed by atoms with Gasteiger partial charge >= 0.3 is 0 Å². The lowest BCUT2D eigenvalue weighted by Gasteiger charge is -2.02. The second-order valence-electron chi connectivity index (χ2n) is 2.24. The van der Waals surface area contributed by atoms with Gasteiger partial charge in [0.1, 0.15) is 0 Å². The maximum Gasteiger partial charge on any atom is 0.0470 e. The van der Waals surface area contributed by atoms with Crippen molar-refractivity contribution in [3.63, 3.8) is 0 Å². The quantitative estimate of drug-likeness (QED) is 0.521. The Morgan fingerprint density at radius 2 is 2.60 bits per heavy atom. The summed E-state index contributed by atoms with van der Waals surface area (Å²) >= 11 is 0. The number of hydrogen-bond donors (Lipinski definition) is 0. The van der Waals surface area contributed by atoms with Crippen LogP contribution in [0.15, 0.2) is 41.1 Å². The largest absolute Gasteiger partial charge is 0.261 e. The van der Waals surface area contributed by atoms with Crippen molar-refractivity contribution in [2.75, 3.05) is 0 Å². The van der Waals surface area contributed by atoms with Gasteiger partial charge in [-0.15, -0.1) is 0 Å². The van der Waals surface area contributed by atoms with Crippen LogP contribution in [0.4, 0.5) is 0 Å². The third-order valence-electron chi connectivity index (χ3n) is 1.53. The minimum atomic E-state index is 0.939. The standard InChI is InChI=1S/C9H11N/c1-3-8(2)9-6-4-5-7-10-9/h3-5,7H,1,6H2,2H3/b9-8+. The molecular formula is C9H11N. The first-order chi connectivity index (χ1) is 4.84. The zero-order valence-corrected chi connectivity index (χ0v) is 6.17. The summed E-state index contributed by atoms with van der Waals surface area (Å²) in [6.07, 6.45) is 8.64. The van der Waals surface area contributed by atoms with Crippen LogP contribution < -0.4 is 0 Å². The SMILES string of the molecule is C=C/C(C)=C1\CC=CC=N1. The molecule has 0 aliphatic carbocycles. The van der Waals surface area contributed by atoms with E-state index in [1.165, 1.54) is 5.57 Å². The van der Waals surface area contributed by atoms with Crippen molar-refractivity contribution >= 4 is 6.21 Å². The fourth-order valence-electron chi connectivity index (χ4n) is 0.807. The number of hydrogen-bond acceptors (Lipinski definition) is 1. The Hall–Kier alpha value is -1.11. The Morgan fingerprint density at radius 3 is 3.10 bits per heavy atom. The van der Waals surface area contributed by atoms with Gasteiger partial charge in [-0.2, -0.15) is 0 Å². The highest BCUT2D eigenvalue weighted by molar-refractivity contribution is 5.73. The average Bonchev–Trinajstić information content (AvgIpc) is 2.05. The van der Waals surface area contributed by atoms with Gasteiger partial charge in [-0.05, 0) is 18.6 Å². The van der Waals surface area contributed by atoms with Gasteiger partial charge in [-0.3, -0.25) is 4.99 Å². The fraction of sp³-hybridized carbons (Fsp3) is 0.222. The Bertz CT molecular complexity index is 219. The Morgan fingerprint density at radius 1 is 1.80 bits per heavy atom. The molecule has 1 aliphatic heterocycles. The molecule has 0 radical (unpaired) electrons. The van der Waals surface area contributed by atoms with E-state index in [9.17, 15) is 0 Å². The van der Waals surface area contributed by atoms with Crippen LogP contribution in [0.2, 0.25) is 0 Å². The van der Waals surface area contributed by atoms with E-state index in [0.717, 1.165) is 12.1 Å². The van der Waals surface area contributed by atoms with Gasteiger partial charge in [0.15, 0.2) is 0 Å². The van der Waals surface area contributed by atoms with Crippen molar-refractivity contribution in [1.82, 2.24) is 0 Å². The zero-order valence-electron chi connectivity index (χ0n) is 6.17. The van der Waals surface area contributed by atoms with Crippen molar-refractivity contribution in [3.05, 3.63) is 36.1 Å². The summed E-state index contributed by atoms with van der Waals surface area (Å²) < 4.78 is 0. The van der Waals surface area contributed by atoms with Crippen LogP contribution in [0, 0.1) is 0 Å². The number of aliphatic imine (C=N–C) groups is 1. The Labute approximate surface area is 61.5 Å². The minimum absolute atomic E-state index is 0.939. The molecule has 0 spiro atoms. The molecule has 0 bridgehead atoms. The van der Waals surface area contributed by atoms with E-state index in [1.807, 2.05) is 25.3 Å². The molecule has 0 unspecified atom stereocenters. The summed E-state index contributed by atoms with van der Waals surface area (Å²) in [4.78, 5) is 4.20. The fourth-order valence-corrected chi connectivity index (χ4v) is 0.807. The van der Waals surface area contributed by atoms with Crippen LogP contribution in [-0.4, -0.2) is 6.21 Å². The van der Waals surface area contributed by atoms with Gasteiger partial charge in [0.05, 0.1) is 0 Å². The second-order valence-corrected chi connectivity index (χ2v) is 2.24. The highest BCUT2D eigenvalue weighted by Gasteiger charge is 1.96. The molecule has 1 rings (SSSR count). The van der Waals surface area contributed by atoms with Crippen molar-refractivity contribution in [2.24, 2.45) is 4.99 Å². The first-order valence-electron chi connectivity index (χ1n) is 3.36. The lowest BCUT2D eigenvalue weighted by atomic mass is 10.1. The van der Waals surface area contributed by atoms with E-state index in [-0.39, 0.29) is 0 Å². The molecule has 1 nitrogen and oxygen atoms in total. The molecule has 0 saturated heterocycles. The average molecular weight is 133 g/mol. The van der Waals surface area contributed by atoms with Gasteiger partial charge in [0.2, 0.25) is 0 Å². The molecule has 10 heavy (non-hydrogen) atoms. The second kappa shape index (κ2) is 3.16. The molecule has 1 aliphatic rings.